The Bertz CT molecular complexity index is 1630. The van der Waals surface area contributed by atoms with Crippen LogP contribution in [0.1, 0.15) is 13.8 Å². The number of thiophene rings is 1. The van der Waals surface area contributed by atoms with Gasteiger partial charge in [-0.15, -0.1) is 0 Å². The summed E-state index contributed by atoms with van der Waals surface area (Å²) in [7, 11) is 0. The van der Waals surface area contributed by atoms with Crippen LogP contribution < -0.4 is 5.32 Å². The molecule has 0 aliphatic carbocycles. The second-order valence-electron chi connectivity index (χ2n) is 8.34. The van der Waals surface area contributed by atoms with Gasteiger partial charge in [-0.3, -0.25) is 10.1 Å². The van der Waals surface area contributed by atoms with Crippen molar-refractivity contribution in [3.05, 3.63) is 65.5 Å². The topological polar surface area (TPSA) is 95.2 Å². The van der Waals surface area contributed by atoms with Gasteiger partial charge in [-0.1, -0.05) is 0 Å². The summed E-state index contributed by atoms with van der Waals surface area (Å²) in [6.45, 7) is 4.09. The van der Waals surface area contributed by atoms with Crippen LogP contribution >= 0.6 is 11.3 Å². The highest BCUT2D eigenvalue weighted by atomic mass is 32.1. The first-order chi connectivity index (χ1) is 16.6. The molecule has 0 fully saturated rings. The number of nitrogens with one attached hydrogen (secondary N) is 3. The number of hydrogen-bond acceptors (Lipinski definition) is 6. The largest absolute Gasteiger partial charge is 0.382 e. The zero-order valence-corrected chi connectivity index (χ0v) is 19.2. The molecule has 0 radical (unpaired) electrons. The van der Waals surface area contributed by atoms with E-state index in [1.807, 2.05) is 43.5 Å². The van der Waals surface area contributed by atoms with E-state index in [0.717, 1.165) is 22.3 Å². The van der Waals surface area contributed by atoms with Crippen LogP contribution in [-0.4, -0.2) is 36.2 Å². The lowest BCUT2D eigenvalue weighted by Gasteiger charge is -2.11. The van der Waals surface area contributed by atoms with Crippen LogP contribution in [0.3, 0.4) is 0 Å². The number of imidazole rings is 1. The van der Waals surface area contributed by atoms with Crippen molar-refractivity contribution in [1.82, 2.24) is 30.1 Å². The van der Waals surface area contributed by atoms with Crippen molar-refractivity contribution < 1.29 is 4.39 Å². The molecule has 0 bridgehead atoms. The number of H-pyrrole nitrogens is 2. The Balaban J connectivity index is 1.50. The Morgan fingerprint density at radius 3 is 2.79 bits per heavy atom. The van der Waals surface area contributed by atoms with Crippen molar-refractivity contribution in [3.63, 3.8) is 0 Å². The molecule has 0 aliphatic heterocycles. The molecule has 6 rings (SSSR count). The third-order valence-electron chi connectivity index (χ3n) is 5.62. The van der Waals surface area contributed by atoms with Crippen LogP contribution in [-0.2, 0) is 0 Å². The van der Waals surface area contributed by atoms with Crippen LogP contribution in [0, 0.1) is 5.82 Å². The number of benzene rings is 1. The average molecular weight is 470 g/mol. The Morgan fingerprint density at radius 2 is 1.97 bits per heavy atom. The SMILES string of the molecule is CC(C)Nc1cncc(-c2ccc3[nH]nc(-c4nc5nccc(-c6ccsc6)c5[nH]4)c3c2F)c1. The van der Waals surface area contributed by atoms with E-state index in [2.05, 4.69) is 40.8 Å². The molecule has 0 spiro atoms. The summed E-state index contributed by atoms with van der Waals surface area (Å²) in [5.74, 6) is 0.0806. The third kappa shape index (κ3) is 3.41. The fourth-order valence-electron chi connectivity index (χ4n) is 4.15. The van der Waals surface area contributed by atoms with Crippen LogP contribution in [0.5, 0.6) is 0 Å². The molecular formula is C25H20FN7S. The summed E-state index contributed by atoms with van der Waals surface area (Å²) < 4.78 is 15.9. The maximum Gasteiger partial charge on any atom is 0.178 e. The molecule has 6 aromatic rings. The highest BCUT2D eigenvalue weighted by Crippen LogP contribution is 2.35. The van der Waals surface area contributed by atoms with Gasteiger partial charge in [0, 0.05) is 41.3 Å². The van der Waals surface area contributed by atoms with E-state index in [-0.39, 0.29) is 11.9 Å². The number of rotatable bonds is 5. The maximum absolute atomic E-state index is 15.9. The van der Waals surface area contributed by atoms with Gasteiger partial charge >= 0.3 is 0 Å². The van der Waals surface area contributed by atoms with Gasteiger partial charge in [-0.25, -0.2) is 14.4 Å². The van der Waals surface area contributed by atoms with Crippen molar-refractivity contribution in [3.8, 4) is 33.8 Å². The second kappa shape index (κ2) is 8.03. The van der Waals surface area contributed by atoms with E-state index >= 15 is 4.39 Å². The Labute approximate surface area is 198 Å². The first-order valence-electron chi connectivity index (χ1n) is 10.8. The van der Waals surface area contributed by atoms with E-state index in [4.69, 9.17) is 0 Å². The van der Waals surface area contributed by atoms with Gasteiger partial charge in [0.05, 0.1) is 22.1 Å². The van der Waals surface area contributed by atoms with Gasteiger partial charge in [-0.2, -0.15) is 16.4 Å². The van der Waals surface area contributed by atoms with Crippen molar-refractivity contribution in [2.75, 3.05) is 5.32 Å². The predicted molar refractivity (Wildman–Crippen MR) is 134 cm³/mol. The first-order valence-corrected chi connectivity index (χ1v) is 11.8. The Morgan fingerprint density at radius 1 is 1.06 bits per heavy atom. The lowest BCUT2D eigenvalue weighted by molar-refractivity contribution is 0.643. The monoisotopic (exact) mass is 469 g/mol. The van der Waals surface area contributed by atoms with Crippen LogP contribution in [0.4, 0.5) is 10.1 Å². The molecule has 5 aromatic heterocycles. The molecule has 0 saturated carbocycles. The minimum absolute atomic E-state index is 0.241. The number of halogens is 1. The summed E-state index contributed by atoms with van der Waals surface area (Å²) in [6, 6.07) is 9.69. The van der Waals surface area contributed by atoms with Crippen LogP contribution in [0.2, 0.25) is 0 Å². The highest BCUT2D eigenvalue weighted by molar-refractivity contribution is 7.08. The highest BCUT2D eigenvalue weighted by Gasteiger charge is 2.20. The van der Waals surface area contributed by atoms with Gasteiger partial charge < -0.3 is 10.3 Å². The molecule has 5 heterocycles. The van der Waals surface area contributed by atoms with E-state index in [9.17, 15) is 0 Å². The normalized spacial score (nSPS) is 11.6. The Hall–Kier alpha value is -4.11. The number of fused-ring (bicyclic) bond motifs is 2. The Kier molecular flexibility index (Phi) is 4.84. The van der Waals surface area contributed by atoms with E-state index in [1.54, 1.807) is 36.0 Å². The quantitative estimate of drug-likeness (QED) is 0.277. The smallest absolute Gasteiger partial charge is 0.178 e. The first kappa shape index (κ1) is 20.5. The summed E-state index contributed by atoms with van der Waals surface area (Å²) in [5.41, 5.74) is 6.39. The van der Waals surface area contributed by atoms with E-state index in [1.165, 1.54) is 0 Å². The van der Waals surface area contributed by atoms with E-state index in [0.29, 0.717) is 39.2 Å². The lowest BCUT2D eigenvalue weighted by atomic mass is 10.0. The molecule has 0 unspecified atom stereocenters. The third-order valence-corrected chi connectivity index (χ3v) is 6.30. The molecule has 1 aromatic carbocycles. The number of anilines is 1. The molecule has 0 amide bonds. The van der Waals surface area contributed by atoms with Crippen molar-refractivity contribution in [2.24, 2.45) is 0 Å². The van der Waals surface area contributed by atoms with Gasteiger partial charge in [-0.05, 0) is 60.5 Å². The lowest BCUT2D eigenvalue weighted by Crippen LogP contribution is -2.09. The molecular weight excluding hydrogens is 449 g/mol. The fourth-order valence-corrected chi connectivity index (χ4v) is 4.80. The molecule has 9 heteroatoms. The van der Waals surface area contributed by atoms with Crippen LogP contribution in [0.15, 0.2) is 59.7 Å². The fraction of sp³-hybridized carbons (Fsp3) is 0.120. The number of aromatic nitrogens is 6. The number of aromatic amines is 2. The number of hydrogen-bond donors (Lipinski definition) is 3. The number of nitrogens with zero attached hydrogens (tertiary/aromatic N) is 4. The zero-order chi connectivity index (χ0) is 23.2. The predicted octanol–water partition coefficient (Wildman–Crippen LogP) is 6.25. The van der Waals surface area contributed by atoms with Gasteiger partial charge in [0.2, 0.25) is 0 Å². The molecule has 0 saturated heterocycles. The minimum atomic E-state index is -0.378. The number of pyridine rings is 2. The maximum atomic E-state index is 15.9. The summed E-state index contributed by atoms with van der Waals surface area (Å²) >= 11 is 1.62. The summed E-state index contributed by atoms with van der Waals surface area (Å²) in [4.78, 5) is 16.6. The molecule has 0 atom stereocenters. The van der Waals surface area contributed by atoms with E-state index < -0.39 is 0 Å². The molecule has 168 valence electrons. The molecule has 34 heavy (non-hydrogen) atoms. The summed E-state index contributed by atoms with van der Waals surface area (Å²) in [6.07, 6.45) is 5.12. The average Bonchev–Trinajstić information content (AvgIpc) is 3.57. The van der Waals surface area contributed by atoms with Gasteiger partial charge in [0.15, 0.2) is 11.5 Å². The molecule has 3 N–H and O–H groups in total. The van der Waals surface area contributed by atoms with Crippen molar-refractivity contribution in [1.29, 1.82) is 0 Å². The van der Waals surface area contributed by atoms with Gasteiger partial charge in [0.1, 0.15) is 11.5 Å². The molecule has 7 nitrogen and oxygen atoms in total. The standard InChI is InChI=1S/C25H20FN7S/c1-13(2)29-16-9-15(10-27-11-16)17-3-4-19-20(21(17)26)23(33-32-19)25-30-22-18(14-6-8-34-12-14)5-7-28-24(22)31-25/h3-13,29H,1-2H3,(H,32,33)(H,28,30,31). The van der Waals surface area contributed by atoms with Crippen LogP contribution in [0.25, 0.3) is 55.8 Å². The zero-order valence-electron chi connectivity index (χ0n) is 18.4. The summed E-state index contributed by atoms with van der Waals surface area (Å²) in [5, 5.41) is 15.1. The van der Waals surface area contributed by atoms with Gasteiger partial charge in [0.25, 0.3) is 0 Å². The van der Waals surface area contributed by atoms with Crippen molar-refractivity contribution in [2.45, 2.75) is 19.9 Å². The molecule has 0 aliphatic rings. The minimum Gasteiger partial charge on any atom is -0.382 e. The second-order valence-corrected chi connectivity index (χ2v) is 9.12. The van der Waals surface area contributed by atoms with Crippen molar-refractivity contribution >= 4 is 39.1 Å².